The van der Waals surface area contributed by atoms with Crippen molar-refractivity contribution in [1.29, 1.82) is 0 Å². The molecule has 0 unspecified atom stereocenters. The van der Waals surface area contributed by atoms with Gasteiger partial charge in [0, 0.05) is 12.1 Å². The Kier molecular flexibility index (Phi) is 3.60. The van der Waals surface area contributed by atoms with Gasteiger partial charge in [0.15, 0.2) is 0 Å². The van der Waals surface area contributed by atoms with Crippen molar-refractivity contribution in [3.8, 4) is 5.75 Å². The molecule has 0 amide bonds. The van der Waals surface area contributed by atoms with Crippen molar-refractivity contribution in [2.24, 2.45) is 7.05 Å². The van der Waals surface area contributed by atoms with E-state index in [9.17, 15) is 0 Å². The molecule has 3 aromatic rings. The zero-order valence-electron chi connectivity index (χ0n) is 12.4. The summed E-state index contributed by atoms with van der Waals surface area (Å²) in [5.41, 5.74) is 4.34. The number of aryl methyl sites for hydroxylation is 2. The summed E-state index contributed by atoms with van der Waals surface area (Å²) in [6.07, 6.45) is 0. The summed E-state index contributed by atoms with van der Waals surface area (Å²) in [5, 5.41) is 0.715. The third-order valence-electron chi connectivity index (χ3n) is 3.85. The molecule has 0 N–H and O–H groups in total. The molecule has 2 aromatic carbocycles. The molecule has 0 aliphatic rings. The lowest BCUT2D eigenvalue weighted by Crippen LogP contribution is -2.04. The minimum Gasteiger partial charge on any atom is -0.485 e. The molecular weight excluding hydrogens is 284 g/mol. The number of nitrogens with zero attached hydrogens (tertiary/aromatic N) is 2. The quantitative estimate of drug-likeness (QED) is 0.716. The van der Waals surface area contributed by atoms with Crippen molar-refractivity contribution in [3.63, 3.8) is 0 Å². The highest BCUT2D eigenvalue weighted by molar-refractivity contribution is 6.31. The number of fused-ring (bicyclic) bond motifs is 1. The van der Waals surface area contributed by atoms with Crippen molar-refractivity contribution in [2.75, 3.05) is 0 Å². The fourth-order valence-corrected chi connectivity index (χ4v) is 2.53. The van der Waals surface area contributed by atoms with Gasteiger partial charge in [-0.2, -0.15) is 0 Å². The lowest BCUT2D eigenvalue weighted by molar-refractivity contribution is 0.290. The van der Waals surface area contributed by atoms with Crippen LogP contribution in [-0.2, 0) is 13.7 Å². The maximum atomic E-state index is 6.04. The Morgan fingerprint density at radius 2 is 2.00 bits per heavy atom. The van der Waals surface area contributed by atoms with Gasteiger partial charge < -0.3 is 9.30 Å². The first-order valence-corrected chi connectivity index (χ1v) is 7.24. The van der Waals surface area contributed by atoms with Crippen LogP contribution in [0.4, 0.5) is 0 Å². The number of ether oxygens (including phenoxy) is 1. The summed E-state index contributed by atoms with van der Waals surface area (Å²) in [4.78, 5) is 4.60. The number of aromatic nitrogens is 2. The first-order valence-electron chi connectivity index (χ1n) is 6.86. The molecule has 0 saturated heterocycles. The number of halogens is 1. The first-order chi connectivity index (χ1) is 10.1. The summed E-state index contributed by atoms with van der Waals surface area (Å²) in [6.45, 7) is 4.59. The summed E-state index contributed by atoms with van der Waals surface area (Å²) < 4.78 is 7.95. The average Bonchev–Trinajstić information content (AvgIpc) is 2.77. The van der Waals surface area contributed by atoms with Crippen LogP contribution < -0.4 is 4.74 Å². The fraction of sp³-hybridized carbons (Fsp3) is 0.235. The third kappa shape index (κ3) is 2.61. The molecule has 0 atom stereocenters. The largest absolute Gasteiger partial charge is 0.485 e. The van der Waals surface area contributed by atoms with E-state index >= 15 is 0 Å². The number of benzene rings is 2. The average molecular weight is 301 g/mol. The Balaban J connectivity index is 1.88. The van der Waals surface area contributed by atoms with Crippen LogP contribution in [0.15, 0.2) is 36.4 Å². The highest BCUT2D eigenvalue weighted by atomic mass is 35.5. The number of hydrogen-bond donors (Lipinski definition) is 0. The number of rotatable bonds is 3. The van der Waals surface area contributed by atoms with Gasteiger partial charge in [0.05, 0.1) is 11.0 Å². The van der Waals surface area contributed by atoms with Crippen LogP contribution in [0.25, 0.3) is 11.0 Å². The maximum absolute atomic E-state index is 6.04. The fourth-order valence-electron chi connectivity index (χ4n) is 2.36. The second-order valence-electron chi connectivity index (χ2n) is 5.21. The molecule has 0 spiro atoms. The van der Waals surface area contributed by atoms with Crippen LogP contribution >= 0.6 is 11.6 Å². The molecule has 1 heterocycles. The van der Waals surface area contributed by atoms with E-state index in [1.165, 1.54) is 11.1 Å². The summed E-state index contributed by atoms with van der Waals surface area (Å²) in [7, 11) is 1.98. The van der Waals surface area contributed by atoms with E-state index in [2.05, 4.69) is 24.9 Å². The maximum Gasteiger partial charge on any atom is 0.147 e. The third-order valence-corrected chi connectivity index (χ3v) is 4.08. The molecular formula is C17H17ClN2O. The molecule has 0 radical (unpaired) electrons. The second kappa shape index (κ2) is 5.41. The summed E-state index contributed by atoms with van der Waals surface area (Å²) in [6, 6.07) is 11.8. The predicted octanol–water partition coefficient (Wildman–Crippen LogP) is 4.42. The van der Waals surface area contributed by atoms with E-state index in [-0.39, 0.29) is 0 Å². The van der Waals surface area contributed by atoms with E-state index in [4.69, 9.17) is 16.3 Å². The van der Waals surface area contributed by atoms with Gasteiger partial charge >= 0.3 is 0 Å². The Bertz CT molecular complexity index is 808. The highest BCUT2D eigenvalue weighted by Crippen LogP contribution is 2.23. The van der Waals surface area contributed by atoms with Gasteiger partial charge in [-0.25, -0.2) is 4.98 Å². The van der Waals surface area contributed by atoms with Gasteiger partial charge in [-0.3, -0.25) is 0 Å². The Hall–Kier alpha value is -2.00. The van der Waals surface area contributed by atoms with Crippen LogP contribution in [-0.4, -0.2) is 9.55 Å². The van der Waals surface area contributed by atoms with E-state index in [1.54, 1.807) is 0 Å². The van der Waals surface area contributed by atoms with Crippen molar-refractivity contribution >= 4 is 22.6 Å². The van der Waals surface area contributed by atoms with Crippen molar-refractivity contribution in [1.82, 2.24) is 9.55 Å². The molecule has 1 aromatic heterocycles. The normalized spacial score (nSPS) is 11.0. The minimum absolute atomic E-state index is 0.438. The molecule has 0 fully saturated rings. The smallest absolute Gasteiger partial charge is 0.147 e. The van der Waals surface area contributed by atoms with Crippen molar-refractivity contribution in [2.45, 2.75) is 20.5 Å². The Morgan fingerprint density at radius 1 is 1.19 bits per heavy atom. The number of hydrogen-bond acceptors (Lipinski definition) is 2. The molecule has 0 saturated carbocycles. The monoisotopic (exact) mass is 300 g/mol. The SMILES string of the molecule is Cc1cccc(OCc2nc3ccc(Cl)cc3n2C)c1C. The Morgan fingerprint density at radius 3 is 2.81 bits per heavy atom. The van der Waals surface area contributed by atoms with Crippen LogP contribution in [0.5, 0.6) is 5.75 Å². The van der Waals surface area contributed by atoms with E-state index in [1.807, 2.05) is 41.9 Å². The lowest BCUT2D eigenvalue weighted by atomic mass is 10.1. The molecule has 3 rings (SSSR count). The van der Waals surface area contributed by atoms with Gasteiger partial charge in [-0.15, -0.1) is 0 Å². The molecule has 3 nitrogen and oxygen atoms in total. The van der Waals surface area contributed by atoms with Gasteiger partial charge in [-0.1, -0.05) is 23.7 Å². The van der Waals surface area contributed by atoms with Gasteiger partial charge in [0.1, 0.15) is 18.2 Å². The number of imidazole rings is 1. The van der Waals surface area contributed by atoms with Crippen molar-refractivity contribution in [3.05, 3.63) is 58.4 Å². The minimum atomic E-state index is 0.438. The molecule has 4 heteroatoms. The van der Waals surface area contributed by atoms with Crippen molar-refractivity contribution < 1.29 is 4.74 Å². The molecule has 0 aliphatic carbocycles. The van der Waals surface area contributed by atoms with E-state index < -0.39 is 0 Å². The van der Waals surface area contributed by atoms with Gasteiger partial charge in [0.25, 0.3) is 0 Å². The van der Waals surface area contributed by atoms with Crippen LogP contribution in [0.1, 0.15) is 17.0 Å². The van der Waals surface area contributed by atoms with Crippen LogP contribution in [0.3, 0.4) is 0 Å². The summed E-state index contributed by atoms with van der Waals surface area (Å²) >= 11 is 6.04. The van der Waals surface area contributed by atoms with Crippen LogP contribution in [0, 0.1) is 13.8 Å². The zero-order valence-corrected chi connectivity index (χ0v) is 13.1. The van der Waals surface area contributed by atoms with Crippen LogP contribution in [0.2, 0.25) is 5.02 Å². The first kappa shape index (κ1) is 14.0. The molecule has 0 aliphatic heterocycles. The topological polar surface area (TPSA) is 27.1 Å². The predicted molar refractivity (Wildman–Crippen MR) is 86.0 cm³/mol. The Labute approximate surface area is 129 Å². The molecule has 21 heavy (non-hydrogen) atoms. The van der Waals surface area contributed by atoms with E-state index in [0.29, 0.717) is 11.6 Å². The van der Waals surface area contributed by atoms with Gasteiger partial charge in [-0.05, 0) is 49.2 Å². The molecule has 0 bridgehead atoms. The molecule has 108 valence electrons. The van der Waals surface area contributed by atoms with Gasteiger partial charge in [0.2, 0.25) is 0 Å². The van der Waals surface area contributed by atoms with E-state index in [0.717, 1.165) is 22.6 Å². The standard InChI is InChI=1S/C17H17ClN2O/c1-11-5-4-6-16(12(11)2)21-10-17-19-14-8-7-13(18)9-15(14)20(17)3/h4-9H,10H2,1-3H3. The summed E-state index contributed by atoms with van der Waals surface area (Å²) in [5.74, 6) is 1.79. The lowest BCUT2D eigenvalue weighted by Gasteiger charge is -2.10. The highest BCUT2D eigenvalue weighted by Gasteiger charge is 2.10. The zero-order chi connectivity index (χ0) is 15.0. The second-order valence-corrected chi connectivity index (χ2v) is 5.64.